The zero-order valence-corrected chi connectivity index (χ0v) is 19.6. The molecule has 0 aliphatic carbocycles. The average molecular weight is 479 g/mol. The number of urea groups is 1. The van der Waals surface area contributed by atoms with Gasteiger partial charge < -0.3 is 20.1 Å². The summed E-state index contributed by atoms with van der Waals surface area (Å²) in [4.78, 5) is 24.8. The number of ether oxygens (including phenoxy) is 2. The number of carbonyl (C=O) groups is 2. The van der Waals surface area contributed by atoms with Gasteiger partial charge in [-0.1, -0.05) is 12.1 Å². The number of halogens is 3. The summed E-state index contributed by atoms with van der Waals surface area (Å²) in [6, 6.07) is 8.31. The van der Waals surface area contributed by atoms with Crippen LogP contribution in [0.3, 0.4) is 0 Å². The molecule has 1 heterocycles. The lowest BCUT2D eigenvalue weighted by Gasteiger charge is -2.38. The lowest BCUT2D eigenvalue weighted by atomic mass is 9.89. The van der Waals surface area contributed by atoms with Gasteiger partial charge in [-0.3, -0.25) is 5.32 Å². The molecule has 1 aliphatic heterocycles. The SMILES string of the molecule is CC(C)(C)OC(=O)Nc1ccc2c(c1)[C@H](NC(=O)Nc1ccccc1C(F)(F)F)CC(C)(C)O2. The molecule has 0 saturated heterocycles. The number of anilines is 2. The Labute approximate surface area is 196 Å². The smallest absolute Gasteiger partial charge is 0.418 e. The molecular weight excluding hydrogens is 451 g/mol. The third-order valence-electron chi connectivity index (χ3n) is 4.90. The van der Waals surface area contributed by atoms with E-state index < -0.39 is 41.1 Å². The lowest BCUT2D eigenvalue weighted by molar-refractivity contribution is -0.136. The van der Waals surface area contributed by atoms with Gasteiger partial charge in [0.25, 0.3) is 0 Å². The fourth-order valence-electron chi connectivity index (χ4n) is 3.64. The first-order valence-corrected chi connectivity index (χ1v) is 10.7. The van der Waals surface area contributed by atoms with Crippen molar-refractivity contribution in [2.45, 2.75) is 64.5 Å². The molecule has 1 aliphatic rings. The lowest BCUT2D eigenvalue weighted by Crippen LogP contribution is -2.42. The van der Waals surface area contributed by atoms with Crippen LogP contribution < -0.4 is 20.7 Å². The van der Waals surface area contributed by atoms with Crippen LogP contribution in [0.25, 0.3) is 0 Å². The second-order valence-corrected chi connectivity index (χ2v) is 9.64. The molecule has 7 nitrogen and oxygen atoms in total. The van der Waals surface area contributed by atoms with Crippen LogP contribution in [0.1, 0.15) is 58.2 Å². The molecule has 0 fully saturated rings. The van der Waals surface area contributed by atoms with Crippen LogP contribution in [0.5, 0.6) is 5.75 Å². The summed E-state index contributed by atoms with van der Waals surface area (Å²) in [6.45, 7) is 8.91. The number of para-hydroxylation sites is 1. The van der Waals surface area contributed by atoms with Gasteiger partial charge in [-0.2, -0.15) is 13.2 Å². The fraction of sp³-hybridized carbons (Fsp3) is 0.417. The van der Waals surface area contributed by atoms with Gasteiger partial charge in [0.15, 0.2) is 0 Å². The quantitative estimate of drug-likeness (QED) is 0.470. The zero-order valence-electron chi connectivity index (χ0n) is 19.6. The monoisotopic (exact) mass is 479 g/mol. The Balaban J connectivity index is 1.81. The van der Waals surface area contributed by atoms with E-state index in [4.69, 9.17) is 9.47 Å². The van der Waals surface area contributed by atoms with E-state index in [0.29, 0.717) is 23.4 Å². The number of fused-ring (bicyclic) bond motifs is 1. The van der Waals surface area contributed by atoms with Crippen molar-refractivity contribution in [1.29, 1.82) is 0 Å². The maximum absolute atomic E-state index is 13.3. The Morgan fingerprint density at radius 3 is 2.38 bits per heavy atom. The molecule has 0 spiro atoms. The van der Waals surface area contributed by atoms with Crippen molar-refractivity contribution in [2.24, 2.45) is 0 Å². The minimum atomic E-state index is -4.61. The molecule has 3 rings (SSSR count). The predicted molar refractivity (Wildman–Crippen MR) is 122 cm³/mol. The third kappa shape index (κ3) is 6.55. The molecule has 0 aromatic heterocycles. The number of carbonyl (C=O) groups excluding carboxylic acids is 2. The molecule has 3 amide bonds. The number of hydrogen-bond donors (Lipinski definition) is 3. The van der Waals surface area contributed by atoms with Crippen LogP contribution in [-0.4, -0.2) is 23.3 Å². The Bertz CT molecular complexity index is 1080. The first-order valence-electron chi connectivity index (χ1n) is 10.7. The van der Waals surface area contributed by atoms with Gasteiger partial charge in [0.2, 0.25) is 0 Å². The van der Waals surface area contributed by atoms with Gasteiger partial charge in [0.05, 0.1) is 17.3 Å². The number of nitrogens with one attached hydrogen (secondary N) is 3. The van der Waals surface area contributed by atoms with E-state index in [-0.39, 0.29) is 5.69 Å². The van der Waals surface area contributed by atoms with Crippen LogP contribution in [0.4, 0.5) is 34.1 Å². The molecule has 0 saturated carbocycles. The van der Waals surface area contributed by atoms with Gasteiger partial charge >= 0.3 is 18.3 Å². The standard InChI is InChI=1S/C24H28F3N3O4/c1-22(2,3)34-21(32)28-14-10-11-19-15(12-14)18(13-23(4,5)33-19)30-20(31)29-17-9-7-6-8-16(17)24(25,26)27/h6-12,18H,13H2,1-5H3,(H,28,32)(H2,29,30,31)/t18-/m1/s1. The normalized spacial score (nSPS) is 17.1. The highest BCUT2D eigenvalue weighted by molar-refractivity contribution is 5.90. The summed E-state index contributed by atoms with van der Waals surface area (Å²) >= 11 is 0. The highest BCUT2D eigenvalue weighted by Crippen LogP contribution is 2.41. The summed E-state index contributed by atoms with van der Waals surface area (Å²) in [5.41, 5.74) is -1.62. The maximum Gasteiger partial charge on any atom is 0.418 e. The van der Waals surface area contributed by atoms with E-state index in [9.17, 15) is 22.8 Å². The molecule has 0 bridgehead atoms. The third-order valence-corrected chi connectivity index (χ3v) is 4.90. The number of hydrogen-bond acceptors (Lipinski definition) is 4. The Morgan fingerprint density at radius 1 is 1.06 bits per heavy atom. The van der Waals surface area contributed by atoms with E-state index in [2.05, 4.69) is 16.0 Å². The minimum absolute atomic E-state index is 0.348. The molecule has 1 atom stereocenters. The van der Waals surface area contributed by atoms with E-state index in [1.54, 1.807) is 39.0 Å². The van der Waals surface area contributed by atoms with Crippen molar-refractivity contribution in [2.75, 3.05) is 10.6 Å². The molecule has 3 N–H and O–H groups in total. The molecule has 34 heavy (non-hydrogen) atoms. The predicted octanol–water partition coefficient (Wildman–Crippen LogP) is 6.48. The molecule has 184 valence electrons. The minimum Gasteiger partial charge on any atom is -0.487 e. The fourth-order valence-corrected chi connectivity index (χ4v) is 3.64. The van der Waals surface area contributed by atoms with Crippen LogP contribution in [0, 0.1) is 0 Å². The number of benzene rings is 2. The summed E-state index contributed by atoms with van der Waals surface area (Å²) < 4.78 is 51.1. The van der Waals surface area contributed by atoms with Gasteiger partial charge in [-0.25, -0.2) is 9.59 Å². The van der Waals surface area contributed by atoms with E-state index >= 15 is 0 Å². The second kappa shape index (κ2) is 9.08. The van der Waals surface area contributed by atoms with Crippen LogP contribution in [0.15, 0.2) is 42.5 Å². The Kier molecular flexibility index (Phi) is 6.73. The van der Waals surface area contributed by atoms with Crippen molar-refractivity contribution in [3.05, 3.63) is 53.6 Å². The van der Waals surface area contributed by atoms with Crippen molar-refractivity contribution >= 4 is 23.5 Å². The van der Waals surface area contributed by atoms with Crippen LogP contribution in [-0.2, 0) is 10.9 Å². The second-order valence-electron chi connectivity index (χ2n) is 9.64. The first-order chi connectivity index (χ1) is 15.6. The van der Waals surface area contributed by atoms with Crippen LogP contribution in [0.2, 0.25) is 0 Å². The molecule has 2 aromatic carbocycles. The van der Waals surface area contributed by atoms with Crippen molar-refractivity contribution < 1.29 is 32.2 Å². The van der Waals surface area contributed by atoms with Gasteiger partial charge in [0.1, 0.15) is 17.0 Å². The number of rotatable bonds is 3. The Hall–Kier alpha value is -3.43. The van der Waals surface area contributed by atoms with Crippen molar-refractivity contribution in [3.63, 3.8) is 0 Å². The van der Waals surface area contributed by atoms with Gasteiger partial charge in [-0.15, -0.1) is 0 Å². The Morgan fingerprint density at radius 2 is 1.74 bits per heavy atom. The molecule has 2 aromatic rings. The highest BCUT2D eigenvalue weighted by atomic mass is 19.4. The van der Waals surface area contributed by atoms with Crippen molar-refractivity contribution in [3.8, 4) is 5.75 Å². The molecule has 10 heteroatoms. The first kappa shape index (κ1) is 25.2. The zero-order chi connectivity index (χ0) is 25.3. The average Bonchev–Trinajstić information content (AvgIpc) is 2.65. The van der Waals surface area contributed by atoms with Crippen molar-refractivity contribution in [1.82, 2.24) is 5.32 Å². The van der Waals surface area contributed by atoms with Gasteiger partial charge in [0, 0.05) is 17.7 Å². The largest absolute Gasteiger partial charge is 0.487 e. The summed E-state index contributed by atoms with van der Waals surface area (Å²) in [5, 5.41) is 7.67. The summed E-state index contributed by atoms with van der Waals surface area (Å²) in [7, 11) is 0. The molecule has 0 radical (unpaired) electrons. The summed E-state index contributed by atoms with van der Waals surface area (Å²) in [6.07, 6.45) is -4.90. The van der Waals surface area contributed by atoms with Crippen LogP contribution >= 0.6 is 0 Å². The number of amides is 3. The molecular formula is C24H28F3N3O4. The topological polar surface area (TPSA) is 88.7 Å². The summed E-state index contributed by atoms with van der Waals surface area (Å²) in [5.74, 6) is 0.493. The number of alkyl halides is 3. The van der Waals surface area contributed by atoms with E-state index in [1.807, 2.05) is 13.8 Å². The highest BCUT2D eigenvalue weighted by Gasteiger charge is 2.36. The molecule has 0 unspecified atom stereocenters. The van der Waals surface area contributed by atoms with E-state index in [0.717, 1.165) is 6.07 Å². The van der Waals surface area contributed by atoms with E-state index in [1.165, 1.54) is 18.2 Å². The maximum atomic E-state index is 13.3. The van der Waals surface area contributed by atoms with Gasteiger partial charge in [-0.05, 0) is 65.0 Å².